The first-order chi connectivity index (χ1) is 10.3. The molecule has 0 radical (unpaired) electrons. The minimum Gasteiger partial charge on any atom is -0.351 e. The summed E-state index contributed by atoms with van der Waals surface area (Å²) in [5.41, 5.74) is 1.54. The number of hydrogen-bond acceptors (Lipinski definition) is 6. The molecular formula is C12H17NO7S2. The lowest BCUT2D eigenvalue weighted by molar-refractivity contribution is 0.0956. The summed E-state index contributed by atoms with van der Waals surface area (Å²) in [6.45, 7) is 1.34. The van der Waals surface area contributed by atoms with Crippen LogP contribution in [-0.4, -0.2) is 48.6 Å². The largest absolute Gasteiger partial charge is 0.397 e. The lowest BCUT2D eigenvalue weighted by Gasteiger charge is -2.06. The summed E-state index contributed by atoms with van der Waals surface area (Å²) in [4.78, 5) is 11.7. The molecule has 10 heteroatoms. The van der Waals surface area contributed by atoms with Crippen LogP contribution in [0.5, 0.6) is 0 Å². The van der Waals surface area contributed by atoms with E-state index < -0.39 is 28.1 Å². The Hall–Kier alpha value is -1.33. The molecule has 1 aromatic rings. The van der Waals surface area contributed by atoms with Gasteiger partial charge in [0.15, 0.2) is 11.1 Å². The van der Waals surface area contributed by atoms with E-state index in [4.69, 9.17) is 8.74 Å². The zero-order valence-corrected chi connectivity index (χ0v) is 13.5. The van der Waals surface area contributed by atoms with Crippen LogP contribution >= 0.6 is 0 Å². The van der Waals surface area contributed by atoms with Crippen molar-refractivity contribution in [3.8, 4) is 0 Å². The molecule has 0 spiro atoms. The lowest BCUT2D eigenvalue weighted by Crippen LogP contribution is -2.28. The van der Waals surface area contributed by atoms with Gasteiger partial charge in [0.1, 0.15) is 0 Å². The Morgan fingerprint density at radius 2 is 1.91 bits per heavy atom. The lowest BCUT2D eigenvalue weighted by atomic mass is 10.1. The van der Waals surface area contributed by atoms with Crippen molar-refractivity contribution in [3.05, 3.63) is 35.4 Å². The molecule has 1 rings (SSSR count). The molecule has 0 aliphatic heterocycles. The molecule has 0 saturated carbocycles. The van der Waals surface area contributed by atoms with Gasteiger partial charge in [-0.2, -0.15) is 8.42 Å². The Morgan fingerprint density at radius 1 is 1.27 bits per heavy atom. The number of carbonyl (C=O) groups is 1. The second-order valence-corrected chi connectivity index (χ2v) is 6.54. The standard InChI is InChI=1S/C12H17NO7S2/c1-10-2-4-11(5-3-10)12(14)13-6-9-21(15)19-7-8-20-22(16,17)18/h2-5H,6-9H2,1H3,(H,13,14)(H,16,17,18). The summed E-state index contributed by atoms with van der Waals surface area (Å²) in [5, 5.41) is 2.58. The number of rotatable bonds is 9. The van der Waals surface area contributed by atoms with E-state index in [-0.39, 0.29) is 24.8 Å². The zero-order chi connectivity index (χ0) is 16.6. The third-order valence-electron chi connectivity index (χ3n) is 2.40. The van der Waals surface area contributed by atoms with Gasteiger partial charge in [0.05, 0.1) is 19.0 Å². The monoisotopic (exact) mass is 351 g/mol. The van der Waals surface area contributed by atoms with Crippen LogP contribution in [0.1, 0.15) is 15.9 Å². The van der Waals surface area contributed by atoms with Crippen LogP contribution in [0.4, 0.5) is 0 Å². The third kappa shape index (κ3) is 8.20. The van der Waals surface area contributed by atoms with Gasteiger partial charge in [-0.05, 0) is 19.1 Å². The van der Waals surface area contributed by atoms with Gasteiger partial charge in [-0.25, -0.2) is 8.39 Å². The normalized spacial score (nSPS) is 12.8. The molecule has 8 nitrogen and oxygen atoms in total. The highest BCUT2D eigenvalue weighted by atomic mass is 32.3. The van der Waals surface area contributed by atoms with E-state index >= 15 is 0 Å². The van der Waals surface area contributed by atoms with Crippen molar-refractivity contribution in [3.63, 3.8) is 0 Å². The Kier molecular flexibility index (Phi) is 7.62. The maximum Gasteiger partial charge on any atom is 0.397 e. The number of benzene rings is 1. The average molecular weight is 351 g/mol. The fourth-order valence-electron chi connectivity index (χ4n) is 1.38. The summed E-state index contributed by atoms with van der Waals surface area (Å²) >= 11 is -1.70. The molecular weight excluding hydrogens is 334 g/mol. The van der Waals surface area contributed by atoms with Crippen LogP contribution in [0.3, 0.4) is 0 Å². The molecule has 22 heavy (non-hydrogen) atoms. The molecule has 1 unspecified atom stereocenters. The van der Waals surface area contributed by atoms with Crippen molar-refractivity contribution in [2.24, 2.45) is 0 Å². The van der Waals surface area contributed by atoms with Crippen LogP contribution in [0, 0.1) is 6.92 Å². The Bertz CT molecular complexity index is 613. The van der Waals surface area contributed by atoms with Gasteiger partial charge in [-0.1, -0.05) is 17.7 Å². The van der Waals surface area contributed by atoms with Gasteiger partial charge in [0, 0.05) is 12.1 Å². The van der Waals surface area contributed by atoms with Crippen molar-refractivity contribution in [1.82, 2.24) is 5.32 Å². The van der Waals surface area contributed by atoms with Crippen LogP contribution in [0.25, 0.3) is 0 Å². The van der Waals surface area contributed by atoms with Gasteiger partial charge >= 0.3 is 10.4 Å². The summed E-state index contributed by atoms with van der Waals surface area (Å²) in [7, 11) is -4.52. The van der Waals surface area contributed by atoms with Crippen LogP contribution in [0.15, 0.2) is 24.3 Å². The molecule has 0 aliphatic carbocycles. The predicted molar refractivity (Wildman–Crippen MR) is 80.0 cm³/mol. The Labute approximate surface area is 131 Å². The highest BCUT2D eigenvalue weighted by Gasteiger charge is 2.07. The van der Waals surface area contributed by atoms with E-state index in [2.05, 4.69) is 9.50 Å². The van der Waals surface area contributed by atoms with E-state index in [0.717, 1.165) is 5.56 Å². The highest BCUT2D eigenvalue weighted by molar-refractivity contribution is 7.81. The maximum atomic E-state index is 11.7. The number of carbonyl (C=O) groups excluding carboxylic acids is 1. The first kappa shape index (κ1) is 18.7. The van der Waals surface area contributed by atoms with Gasteiger partial charge in [-0.15, -0.1) is 0 Å². The number of aryl methyl sites for hydroxylation is 1. The second-order valence-electron chi connectivity index (χ2n) is 4.20. The summed E-state index contributed by atoms with van der Waals surface area (Å²) < 4.78 is 48.9. The van der Waals surface area contributed by atoms with Gasteiger partial charge in [0.2, 0.25) is 0 Å². The van der Waals surface area contributed by atoms with Crippen molar-refractivity contribution in [2.75, 3.05) is 25.5 Å². The minimum atomic E-state index is -4.52. The fraction of sp³-hybridized carbons (Fsp3) is 0.417. The van der Waals surface area contributed by atoms with Crippen LogP contribution in [0.2, 0.25) is 0 Å². The molecule has 124 valence electrons. The predicted octanol–water partition coefficient (Wildman–Crippen LogP) is 0.225. The van der Waals surface area contributed by atoms with E-state index in [1.54, 1.807) is 12.1 Å². The van der Waals surface area contributed by atoms with Gasteiger partial charge in [-0.3, -0.25) is 13.5 Å². The molecule has 1 aromatic carbocycles. The third-order valence-corrected chi connectivity index (χ3v) is 3.83. The van der Waals surface area contributed by atoms with E-state index in [9.17, 15) is 17.4 Å². The first-order valence-electron chi connectivity index (χ1n) is 6.26. The van der Waals surface area contributed by atoms with Crippen LogP contribution in [-0.2, 0) is 29.8 Å². The maximum absolute atomic E-state index is 11.7. The quantitative estimate of drug-likeness (QED) is 0.482. The summed E-state index contributed by atoms with van der Waals surface area (Å²) in [6.07, 6.45) is 0. The van der Waals surface area contributed by atoms with Gasteiger partial charge < -0.3 is 5.32 Å². The van der Waals surface area contributed by atoms with Crippen molar-refractivity contribution < 1.29 is 30.3 Å². The van der Waals surface area contributed by atoms with E-state index in [1.165, 1.54) is 0 Å². The molecule has 0 aromatic heterocycles. The molecule has 2 N–H and O–H groups in total. The molecule has 0 fully saturated rings. The number of hydrogen-bond donors (Lipinski definition) is 2. The fourth-order valence-corrected chi connectivity index (χ4v) is 2.30. The second kappa shape index (κ2) is 8.96. The smallest absolute Gasteiger partial charge is 0.351 e. The Morgan fingerprint density at radius 3 is 2.50 bits per heavy atom. The molecule has 0 bridgehead atoms. The van der Waals surface area contributed by atoms with Crippen molar-refractivity contribution in [2.45, 2.75) is 6.92 Å². The number of nitrogens with one attached hydrogen (secondary N) is 1. The molecule has 1 atom stereocenters. The van der Waals surface area contributed by atoms with Crippen LogP contribution < -0.4 is 5.32 Å². The Balaban J connectivity index is 2.19. The zero-order valence-electron chi connectivity index (χ0n) is 11.9. The average Bonchev–Trinajstić information content (AvgIpc) is 2.43. The number of amides is 1. The summed E-state index contributed by atoms with van der Waals surface area (Å²) in [6, 6.07) is 6.99. The van der Waals surface area contributed by atoms with E-state index in [0.29, 0.717) is 5.56 Å². The first-order valence-corrected chi connectivity index (χ1v) is 8.87. The van der Waals surface area contributed by atoms with E-state index in [1.807, 2.05) is 19.1 Å². The van der Waals surface area contributed by atoms with Crippen molar-refractivity contribution >= 4 is 27.4 Å². The molecule has 0 saturated heterocycles. The molecule has 1 amide bonds. The topological polar surface area (TPSA) is 119 Å². The molecule has 0 aliphatic rings. The van der Waals surface area contributed by atoms with Gasteiger partial charge in [0.25, 0.3) is 5.91 Å². The summed E-state index contributed by atoms with van der Waals surface area (Å²) in [5.74, 6) is -0.240. The SMILES string of the molecule is Cc1ccc(C(=O)NCCS(=O)OCCOS(=O)(=O)O)cc1. The highest BCUT2D eigenvalue weighted by Crippen LogP contribution is 2.02. The minimum absolute atomic E-state index is 0.0451. The van der Waals surface area contributed by atoms with Crippen molar-refractivity contribution in [1.29, 1.82) is 0 Å². The molecule has 0 heterocycles.